The van der Waals surface area contributed by atoms with Crippen molar-refractivity contribution in [3.8, 4) is 5.88 Å². The number of aromatic amines is 1. The summed E-state index contributed by atoms with van der Waals surface area (Å²) >= 11 is 0. The van der Waals surface area contributed by atoms with Crippen LogP contribution in [-0.2, 0) is 0 Å². The van der Waals surface area contributed by atoms with Crippen LogP contribution >= 0.6 is 0 Å². The zero-order valence-electron chi connectivity index (χ0n) is 8.07. The Balaban J connectivity index is 2.79. The molecule has 4 N–H and O–H groups in total. The van der Waals surface area contributed by atoms with E-state index in [9.17, 15) is 5.11 Å². The minimum atomic E-state index is -0.0579. The van der Waals surface area contributed by atoms with Gasteiger partial charge in [0.1, 0.15) is 5.65 Å². The molecule has 0 amide bonds. The molecule has 0 aromatic carbocycles. The van der Waals surface area contributed by atoms with Crippen molar-refractivity contribution in [3.05, 3.63) is 11.8 Å². The van der Waals surface area contributed by atoms with Crippen LogP contribution in [0.15, 0.2) is 6.20 Å². The van der Waals surface area contributed by atoms with Gasteiger partial charge in [0, 0.05) is 6.20 Å². The molecule has 14 heavy (non-hydrogen) atoms. The fourth-order valence-corrected chi connectivity index (χ4v) is 1.51. The molecule has 74 valence electrons. The summed E-state index contributed by atoms with van der Waals surface area (Å²) in [7, 11) is 0. The second kappa shape index (κ2) is 2.87. The average Bonchev–Trinajstić information content (AvgIpc) is 2.47. The molecule has 0 unspecified atom stereocenters. The maximum atomic E-state index is 9.62. The number of nitrogen functional groups attached to an aromatic ring is 1. The smallest absolute Gasteiger partial charge is 0.225 e. The van der Waals surface area contributed by atoms with Crippen molar-refractivity contribution in [3.63, 3.8) is 0 Å². The Morgan fingerprint density at radius 3 is 2.79 bits per heavy atom. The number of anilines is 1. The second-order valence-corrected chi connectivity index (χ2v) is 3.53. The van der Waals surface area contributed by atoms with E-state index in [1.54, 1.807) is 0 Å². The summed E-state index contributed by atoms with van der Waals surface area (Å²) < 4.78 is 0. The molecule has 5 heteroatoms. The van der Waals surface area contributed by atoms with Crippen LogP contribution in [0.1, 0.15) is 25.3 Å². The summed E-state index contributed by atoms with van der Waals surface area (Å²) in [5.74, 6) is 0.325. The predicted octanol–water partition coefficient (Wildman–Crippen LogP) is 1.37. The molecular weight excluding hydrogens is 180 g/mol. The lowest BCUT2D eigenvalue weighted by atomic mass is 10.0. The maximum absolute atomic E-state index is 9.62. The van der Waals surface area contributed by atoms with Gasteiger partial charge in [0.2, 0.25) is 11.8 Å². The van der Waals surface area contributed by atoms with Crippen molar-refractivity contribution >= 4 is 17.0 Å². The molecule has 0 bridgehead atoms. The molecule has 2 aromatic rings. The summed E-state index contributed by atoms with van der Waals surface area (Å²) in [6, 6.07) is 0. The molecule has 0 spiro atoms. The molecular formula is C9H12N4O. The van der Waals surface area contributed by atoms with Crippen LogP contribution in [0.25, 0.3) is 11.0 Å². The van der Waals surface area contributed by atoms with E-state index >= 15 is 0 Å². The van der Waals surface area contributed by atoms with Gasteiger partial charge in [0.25, 0.3) is 0 Å². The van der Waals surface area contributed by atoms with Crippen molar-refractivity contribution in [2.75, 3.05) is 5.73 Å². The standard InChI is InChI=1S/C9H12N4O/c1-4(2)5-3-11-7-6(5)8(14)13-9(10)12-7/h3-4H,1-2H3,(H4,10,11,12,13,14). The van der Waals surface area contributed by atoms with Crippen molar-refractivity contribution < 1.29 is 5.11 Å². The monoisotopic (exact) mass is 192 g/mol. The van der Waals surface area contributed by atoms with Crippen LogP contribution in [0, 0.1) is 0 Å². The molecule has 0 saturated heterocycles. The zero-order valence-corrected chi connectivity index (χ0v) is 8.07. The fourth-order valence-electron chi connectivity index (χ4n) is 1.51. The lowest BCUT2D eigenvalue weighted by Gasteiger charge is -2.03. The van der Waals surface area contributed by atoms with E-state index in [0.717, 1.165) is 5.56 Å². The summed E-state index contributed by atoms with van der Waals surface area (Å²) in [6.45, 7) is 4.08. The molecule has 2 aromatic heterocycles. The van der Waals surface area contributed by atoms with Crippen LogP contribution in [0.3, 0.4) is 0 Å². The number of nitrogens with zero attached hydrogens (tertiary/aromatic N) is 2. The first kappa shape index (κ1) is 8.80. The number of nitrogens with one attached hydrogen (secondary N) is 1. The van der Waals surface area contributed by atoms with Crippen LogP contribution < -0.4 is 5.73 Å². The molecule has 2 rings (SSSR count). The largest absolute Gasteiger partial charge is 0.493 e. The molecule has 0 aliphatic heterocycles. The lowest BCUT2D eigenvalue weighted by molar-refractivity contribution is 0.460. The third-order valence-electron chi connectivity index (χ3n) is 2.18. The van der Waals surface area contributed by atoms with E-state index in [4.69, 9.17) is 5.73 Å². The first-order chi connectivity index (χ1) is 6.59. The topological polar surface area (TPSA) is 87.8 Å². The molecule has 2 heterocycles. The number of nitrogens with two attached hydrogens (primary N) is 1. The maximum Gasteiger partial charge on any atom is 0.225 e. The molecule has 0 aliphatic rings. The Labute approximate surface area is 81.0 Å². The minimum Gasteiger partial charge on any atom is -0.493 e. The lowest BCUT2D eigenvalue weighted by Crippen LogP contribution is -1.95. The predicted molar refractivity (Wildman–Crippen MR) is 54.1 cm³/mol. The van der Waals surface area contributed by atoms with E-state index in [0.29, 0.717) is 17.0 Å². The summed E-state index contributed by atoms with van der Waals surface area (Å²) in [4.78, 5) is 10.7. The third-order valence-corrected chi connectivity index (χ3v) is 2.18. The highest BCUT2D eigenvalue weighted by molar-refractivity contribution is 5.85. The van der Waals surface area contributed by atoms with Gasteiger partial charge in [-0.15, -0.1) is 0 Å². The van der Waals surface area contributed by atoms with Gasteiger partial charge in [0.05, 0.1) is 5.39 Å². The van der Waals surface area contributed by atoms with Gasteiger partial charge in [-0.25, -0.2) is 0 Å². The van der Waals surface area contributed by atoms with Crippen molar-refractivity contribution in [2.45, 2.75) is 19.8 Å². The number of H-pyrrole nitrogens is 1. The summed E-state index contributed by atoms with van der Waals surface area (Å²) in [5.41, 5.74) is 6.99. The molecule has 0 radical (unpaired) electrons. The second-order valence-electron chi connectivity index (χ2n) is 3.53. The van der Waals surface area contributed by atoms with Gasteiger partial charge in [-0.1, -0.05) is 13.8 Å². The Morgan fingerprint density at radius 1 is 1.43 bits per heavy atom. The third kappa shape index (κ3) is 1.17. The quantitative estimate of drug-likeness (QED) is 0.636. The molecule has 5 nitrogen and oxygen atoms in total. The number of fused-ring (bicyclic) bond motifs is 1. The zero-order chi connectivity index (χ0) is 10.3. The number of hydrogen-bond donors (Lipinski definition) is 3. The molecule has 0 fully saturated rings. The number of aromatic nitrogens is 3. The van der Waals surface area contributed by atoms with Crippen molar-refractivity contribution in [1.29, 1.82) is 0 Å². The van der Waals surface area contributed by atoms with E-state index < -0.39 is 0 Å². The van der Waals surface area contributed by atoms with Gasteiger partial charge in [-0.3, -0.25) is 0 Å². The number of rotatable bonds is 1. The summed E-state index contributed by atoms with van der Waals surface area (Å²) in [6.07, 6.45) is 1.82. The Hall–Kier alpha value is -1.78. The normalized spacial score (nSPS) is 11.4. The van der Waals surface area contributed by atoms with Crippen LogP contribution in [0.4, 0.5) is 5.95 Å². The van der Waals surface area contributed by atoms with E-state index in [1.165, 1.54) is 0 Å². The first-order valence-electron chi connectivity index (χ1n) is 4.43. The highest BCUT2D eigenvalue weighted by Crippen LogP contribution is 2.30. The van der Waals surface area contributed by atoms with Gasteiger partial charge in [-0.05, 0) is 11.5 Å². The Morgan fingerprint density at radius 2 is 2.14 bits per heavy atom. The van der Waals surface area contributed by atoms with E-state index in [-0.39, 0.29) is 11.8 Å². The Kier molecular flexibility index (Phi) is 1.80. The highest BCUT2D eigenvalue weighted by Gasteiger charge is 2.13. The Bertz CT molecular complexity index is 475. The minimum absolute atomic E-state index is 0.0579. The fraction of sp³-hybridized carbons (Fsp3) is 0.333. The van der Waals surface area contributed by atoms with Crippen LogP contribution in [0.5, 0.6) is 5.88 Å². The van der Waals surface area contributed by atoms with Gasteiger partial charge >= 0.3 is 0 Å². The molecule has 0 aliphatic carbocycles. The van der Waals surface area contributed by atoms with Crippen molar-refractivity contribution in [2.24, 2.45) is 0 Å². The first-order valence-corrected chi connectivity index (χ1v) is 4.43. The van der Waals surface area contributed by atoms with Gasteiger partial charge in [-0.2, -0.15) is 9.97 Å². The molecule has 0 saturated carbocycles. The number of hydrogen-bond acceptors (Lipinski definition) is 4. The van der Waals surface area contributed by atoms with Gasteiger partial charge < -0.3 is 15.8 Å². The van der Waals surface area contributed by atoms with Gasteiger partial charge in [0.15, 0.2) is 0 Å². The highest BCUT2D eigenvalue weighted by atomic mass is 16.3. The average molecular weight is 192 g/mol. The van der Waals surface area contributed by atoms with E-state index in [2.05, 4.69) is 15.0 Å². The van der Waals surface area contributed by atoms with Crippen LogP contribution in [-0.4, -0.2) is 20.1 Å². The van der Waals surface area contributed by atoms with Crippen molar-refractivity contribution in [1.82, 2.24) is 15.0 Å². The molecule has 0 atom stereocenters. The van der Waals surface area contributed by atoms with Crippen LogP contribution in [0.2, 0.25) is 0 Å². The summed E-state index contributed by atoms with van der Waals surface area (Å²) in [5, 5.41) is 10.3. The SMILES string of the molecule is CC(C)c1c[nH]c2nc(N)nc(O)c12. The number of aromatic hydroxyl groups is 1. The van der Waals surface area contributed by atoms with E-state index in [1.807, 2.05) is 20.0 Å².